The molecule has 0 radical (unpaired) electrons. The fraction of sp³-hybridized carbons (Fsp3) is 0.514. The Morgan fingerprint density at radius 1 is 0.979 bits per heavy atom. The van der Waals surface area contributed by atoms with E-state index in [1.54, 1.807) is 31.3 Å². The molecule has 0 aromatic heterocycles. The highest BCUT2D eigenvalue weighted by atomic mass is 16.5. The third-order valence-electron chi connectivity index (χ3n) is 8.77. The van der Waals surface area contributed by atoms with Crippen LogP contribution >= 0.6 is 0 Å². The summed E-state index contributed by atoms with van der Waals surface area (Å²) in [5.41, 5.74) is 6.60. The van der Waals surface area contributed by atoms with Crippen molar-refractivity contribution in [2.45, 2.75) is 75.9 Å². The van der Waals surface area contributed by atoms with Crippen LogP contribution in [0.3, 0.4) is 0 Å². The second kappa shape index (κ2) is 18.0. The molecule has 2 aliphatic rings. The number of likely N-dealkylation sites (N-methyl/N-ethyl adjacent to an activating group) is 1. The highest BCUT2D eigenvalue weighted by Crippen LogP contribution is 2.21. The van der Waals surface area contributed by atoms with Crippen LogP contribution in [0.4, 0.5) is 0 Å². The molecule has 2 aliphatic heterocycles. The van der Waals surface area contributed by atoms with Crippen LogP contribution in [0.5, 0.6) is 5.75 Å². The van der Waals surface area contributed by atoms with E-state index in [0.29, 0.717) is 18.7 Å². The zero-order valence-corrected chi connectivity index (χ0v) is 27.2. The van der Waals surface area contributed by atoms with Crippen LogP contribution in [-0.4, -0.2) is 97.3 Å². The molecule has 254 valence electrons. The first-order chi connectivity index (χ1) is 22.7. The molecule has 0 saturated carbocycles. The van der Waals surface area contributed by atoms with Gasteiger partial charge in [0, 0.05) is 26.4 Å². The molecule has 2 heterocycles. The SMILES string of the molecule is CN1C(=O)[C@H](CCC(N)=O)NC(=O)CC[C@@H](C(=O)NCCCCN2CCCC2)NC(=O)c2ccccc2OC[C@H]1Cc1ccccc1. The summed E-state index contributed by atoms with van der Waals surface area (Å²) in [7, 11) is 1.63. The van der Waals surface area contributed by atoms with Gasteiger partial charge in [0.25, 0.3) is 5.91 Å². The molecule has 1 fully saturated rings. The van der Waals surface area contributed by atoms with Crippen LogP contribution in [0.2, 0.25) is 0 Å². The molecular formula is C35H48N6O6. The normalized spacial score (nSPS) is 21.4. The molecule has 1 saturated heterocycles. The van der Waals surface area contributed by atoms with Gasteiger partial charge in [-0.05, 0) is 82.3 Å². The number of hydrogen-bond donors (Lipinski definition) is 4. The molecule has 0 bridgehead atoms. The maximum Gasteiger partial charge on any atom is 0.255 e. The Morgan fingerprint density at radius 2 is 1.70 bits per heavy atom. The van der Waals surface area contributed by atoms with Gasteiger partial charge in [-0.2, -0.15) is 0 Å². The number of hydrogen-bond acceptors (Lipinski definition) is 7. The number of nitrogens with one attached hydrogen (secondary N) is 3. The number of carbonyl (C=O) groups is 5. The standard InChI is InChI=1S/C35H48N6O6/c1-40-26(23-25-11-3-2-4-12-25)24-47-30-14-6-5-13-27(30)33(44)39-28(34(45)37-19-7-8-20-41-21-9-10-22-41)16-18-32(43)38-29(35(40)46)15-17-31(36)42/h2-6,11-14,26,28-29H,7-10,15-24H2,1H3,(H2,36,42)(H,37,45)(H,38,43)(H,39,44)/t26-,28+,29+/m1/s1. The van der Waals surface area contributed by atoms with Crippen LogP contribution < -0.4 is 26.4 Å². The predicted octanol–water partition coefficient (Wildman–Crippen LogP) is 1.77. The fourth-order valence-corrected chi connectivity index (χ4v) is 5.98. The summed E-state index contributed by atoms with van der Waals surface area (Å²) in [5, 5.41) is 8.48. The molecule has 0 aliphatic carbocycles. The number of amides is 5. The van der Waals surface area contributed by atoms with Gasteiger partial charge < -0.3 is 36.2 Å². The van der Waals surface area contributed by atoms with Gasteiger partial charge in [0.05, 0.1) is 11.6 Å². The molecule has 0 unspecified atom stereocenters. The summed E-state index contributed by atoms with van der Waals surface area (Å²) in [6, 6.07) is 13.8. The molecular weight excluding hydrogens is 600 g/mol. The molecule has 3 atom stereocenters. The van der Waals surface area contributed by atoms with E-state index in [0.717, 1.165) is 38.0 Å². The summed E-state index contributed by atoms with van der Waals surface area (Å²) in [4.78, 5) is 69.5. The van der Waals surface area contributed by atoms with E-state index >= 15 is 0 Å². The van der Waals surface area contributed by atoms with Gasteiger partial charge in [0.15, 0.2) is 0 Å². The lowest BCUT2D eigenvalue weighted by Gasteiger charge is -2.32. The number of fused-ring (bicyclic) bond motifs is 1. The number of nitrogens with two attached hydrogens (primary N) is 1. The number of likely N-dealkylation sites (tertiary alicyclic amines) is 1. The Labute approximate surface area is 276 Å². The number of nitrogens with zero attached hydrogens (tertiary/aromatic N) is 2. The third kappa shape index (κ3) is 11.1. The van der Waals surface area contributed by atoms with Gasteiger partial charge in [0.2, 0.25) is 23.6 Å². The minimum atomic E-state index is -1.02. The lowest BCUT2D eigenvalue weighted by Crippen LogP contribution is -2.52. The molecule has 12 nitrogen and oxygen atoms in total. The van der Waals surface area contributed by atoms with Gasteiger partial charge in [-0.15, -0.1) is 0 Å². The number of ether oxygens (including phenoxy) is 1. The Bertz CT molecular complexity index is 1370. The maximum atomic E-state index is 13.8. The van der Waals surface area contributed by atoms with Crippen molar-refractivity contribution in [3.63, 3.8) is 0 Å². The van der Waals surface area contributed by atoms with Crippen molar-refractivity contribution in [2.75, 3.05) is 39.8 Å². The number of carbonyl (C=O) groups excluding carboxylic acids is 5. The summed E-state index contributed by atoms with van der Waals surface area (Å²) in [5.74, 6) is -2.06. The first kappa shape index (κ1) is 35.4. The molecule has 12 heteroatoms. The van der Waals surface area contributed by atoms with E-state index in [2.05, 4.69) is 20.9 Å². The zero-order chi connectivity index (χ0) is 33.6. The maximum absolute atomic E-state index is 13.8. The number of unbranched alkanes of at least 4 members (excludes halogenated alkanes) is 1. The molecule has 2 aromatic carbocycles. The first-order valence-electron chi connectivity index (χ1n) is 16.6. The molecule has 47 heavy (non-hydrogen) atoms. The Balaban J connectivity index is 1.54. The van der Waals surface area contributed by atoms with E-state index in [4.69, 9.17) is 10.5 Å². The summed E-state index contributed by atoms with van der Waals surface area (Å²) >= 11 is 0. The lowest BCUT2D eigenvalue weighted by molar-refractivity contribution is -0.138. The van der Waals surface area contributed by atoms with Gasteiger partial charge in [-0.3, -0.25) is 24.0 Å². The van der Waals surface area contributed by atoms with Crippen LogP contribution in [0.15, 0.2) is 54.6 Å². The van der Waals surface area contributed by atoms with E-state index in [1.165, 1.54) is 17.7 Å². The van der Waals surface area contributed by atoms with Crippen molar-refractivity contribution in [1.82, 2.24) is 25.8 Å². The van der Waals surface area contributed by atoms with Crippen LogP contribution in [0, 0.1) is 0 Å². The minimum Gasteiger partial charge on any atom is -0.491 e. The smallest absolute Gasteiger partial charge is 0.255 e. The Kier molecular flexibility index (Phi) is 13.6. The zero-order valence-electron chi connectivity index (χ0n) is 27.2. The Hall–Kier alpha value is -4.45. The van der Waals surface area contributed by atoms with Crippen molar-refractivity contribution in [3.05, 3.63) is 65.7 Å². The summed E-state index contributed by atoms with van der Waals surface area (Å²) < 4.78 is 6.20. The quantitative estimate of drug-likeness (QED) is 0.270. The molecule has 5 amide bonds. The van der Waals surface area contributed by atoms with Gasteiger partial charge in [-0.1, -0.05) is 42.5 Å². The van der Waals surface area contributed by atoms with Crippen LogP contribution in [0.25, 0.3) is 0 Å². The predicted molar refractivity (Wildman–Crippen MR) is 177 cm³/mol. The van der Waals surface area contributed by atoms with Crippen LogP contribution in [0.1, 0.15) is 67.3 Å². The van der Waals surface area contributed by atoms with Crippen molar-refractivity contribution >= 4 is 29.5 Å². The lowest BCUT2D eigenvalue weighted by atomic mass is 10.0. The average molecular weight is 649 g/mol. The van der Waals surface area contributed by atoms with E-state index < -0.39 is 41.8 Å². The molecule has 4 rings (SSSR count). The average Bonchev–Trinajstić information content (AvgIpc) is 3.59. The number of para-hydroxylation sites is 1. The fourth-order valence-electron chi connectivity index (χ4n) is 5.98. The second-order valence-electron chi connectivity index (χ2n) is 12.3. The van der Waals surface area contributed by atoms with E-state index in [-0.39, 0.29) is 43.8 Å². The van der Waals surface area contributed by atoms with Crippen molar-refractivity contribution in [3.8, 4) is 5.75 Å². The largest absolute Gasteiger partial charge is 0.491 e. The van der Waals surface area contributed by atoms with Crippen molar-refractivity contribution < 1.29 is 28.7 Å². The van der Waals surface area contributed by atoms with Crippen molar-refractivity contribution in [2.24, 2.45) is 5.73 Å². The second-order valence-corrected chi connectivity index (χ2v) is 12.3. The molecule has 0 spiro atoms. The highest BCUT2D eigenvalue weighted by molar-refractivity contribution is 6.00. The highest BCUT2D eigenvalue weighted by Gasteiger charge is 2.31. The van der Waals surface area contributed by atoms with Crippen LogP contribution in [-0.2, 0) is 25.6 Å². The third-order valence-corrected chi connectivity index (χ3v) is 8.77. The summed E-state index contributed by atoms with van der Waals surface area (Å²) in [6.07, 6.45) is 4.42. The Morgan fingerprint density at radius 3 is 2.45 bits per heavy atom. The van der Waals surface area contributed by atoms with E-state index in [1.807, 2.05) is 30.3 Å². The van der Waals surface area contributed by atoms with Gasteiger partial charge in [-0.25, -0.2) is 0 Å². The number of rotatable bonds is 11. The molecule has 5 N–H and O–H groups in total. The topological polar surface area (TPSA) is 163 Å². The number of primary amides is 1. The summed E-state index contributed by atoms with van der Waals surface area (Å²) in [6.45, 7) is 3.71. The van der Waals surface area contributed by atoms with Gasteiger partial charge in [0.1, 0.15) is 24.4 Å². The van der Waals surface area contributed by atoms with E-state index in [9.17, 15) is 24.0 Å². The minimum absolute atomic E-state index is 0.00338. The first-order valence-corrected chi connectivity index (χ1v) is 16.6. The van der Waals surface area contributed by atoms with Gasteiger partial charge >= 0.3 is 0 Å². The molecule has 2 aromatic rings. The number of benzene rings is 2. The monoisotopic (exact) mass is 648 g/mol. The van der Waals surface area contributed by atoms with Crippen molar-refractivity contribution in [1.29, 1.82) is 0 Å².